The van der Waals surface area contributed by atoms with Gasteiger partial charge >= 0.3 is 0 Å². The molecule has 106 valence electrons. The first-order valence-electron chi connectivity index (χ1n) is 6.36. The minimum atomic E-state index is -0.708. The van der Waals surface area contributed by atoms with Crippen molar-refractivity contribution in [3.8, 4) is 0 Å². The largest absolute Gasteiger partial charge is 0.348 e. The fourth-order valence-corrected chi connectivity index (χ4v) is 2.16. The van der Waals surface area contributed by atoms with Crippen LogP contribution in [0.25, 0.3) is 0 Å². The highest BCUT2D eigenvalue weighted by atomic mass is 35.5. The van der Waals surface area contributed by atoms with Gasteiger partial charge < -0.3 is 9.47 Å². The lowest BCUT2D eigenvalue weighted by atomic mass is 10.1. The molecule has 0 amide bonds. The zero-order chi connectivity index (χ0) is 14.2. The van der Waals surface area contributed by atoms with E-state index in [1.165, 1.54) is 10.9 Å². The first-order valence-corrected chi connectivity index (χ1v) is 6.74. The van der Waals surface area contributed by atoms with Crippen LogP contribution >= 0.6 is 11.6 Å². The van der Waals surface area contributed by atoms with Crippen molar-refractivity contribution in [3.63, 3.8) is 0 Å². The van der Waals surface area contributed by atoms with Gasteiger partial charge in [0.05, 0.1) is 35.0 Å². The predicted octanol–water partition coefficient (Wildman–Crippen LogP) is 2.48. The molecular weight excluding hydrogens is 268 g/mol. The van der Waals surface area contributed by atoms with E-state index in [0.717, 1.165) is 6.42 Å². The average molecular weight is 287 g/mol. The molecule has 19 heavy (non-hydrogen) atoms. The van der Waals surface area contributed by atoms with Crippen molar-refractivity contribution in [2.24, 2.45) is 0 Å². The van der Waals surface area contributed by atoms with Crippen LogP contribution in [-0.4, -0.2) is 22.5 Å². The van der Waals surface area contributed by atoms with Gasteiger partial charge in [-0.15, -0.1) is 0 Å². The van der Waals surface area contributed by atoms with Gasteiger partial charge in [0.25, 0.3) is 5.56 Å². The molecule has 1 aromatic rings. The minimum absolute atomic E-state index is 0.0467. The molecule has 0 saturated carbocycles. The molecule has 5 nitrogen and oxygen atoms in total. The van der Waals surface area contributed by atoms with Gasteiger partial charge in [0, 0.05) is 0 Å². The van der Waals surface area contributed by atoms with Gasteiger partial charge in [-0.25, -0.2) is 4.68 Å². The zero-order valence-corrected chi connectivity index (χ0v) is 12.4. The van der Waals surface area contributed by atoms with E-state index in [1.54, 1.807) is 0 Å². The lowest BCUT2D eigenvalue weighted by Gasteiger charge is -2.29. The van der Waals surface area contributed by atoms with Crippen LogP contribution in [0.5, 0.6) is 0 Å². The van der Waals surface area contributed by atoms with Crippen molar-refractivity contribution in [3.05, 3.63) is 27.1 Å². The van der Waals surface area contributed by atoms with Gasteiger partial charge in [-0.1, -0.05) is 11.6 Å². The number of halogens is 1. The van der Waals surface area contributed by atoms with E-state index in [4.69, 9.17) is 21.1 Å². The van der Waals surface area contributed by atoms with Gasteiger partial charge in [0.2, 0.25) is 0 Å². The Morgan fingerprint density at radius 3 is 2.74 bits per heavy atom. The van der Waals surface area contributed by atoms with Crippen LogP contribution in [0.4, 0.5) is 0 Å². The minimum Gasteiger partial charge on any atom is -0.348 e. The summed E-state index contributed by atoms with van der Waals surface area (Å²) in [5.74, 6) is 0. The summed E-state index contributed by atoms with van der Waals surface area (Å²) in [4.78, 5) is 12.5. The normalized spacial score (nSPS) is 24.5. The Bertz CT molecular complexity index is 522. The number of aromatic nitrogens is 2. The molecule has 1 fully saturated rings. The van der Waals surface area contributed by atoms with E-state index >= 15 is 0 Å². The molecule has 0 aliphatic carbocycles. The third-order valence-electron chi connectivity index (χ3n) is 2.99. The summed E-state index contributed by atoms with van der Waals surface area (Å²) in [6, 6.07) is 0. The molecule has 6 heteroatoms. The highest BCUT2D eigenvalue weighted by Gasteiger charge is 2.29. The van der Waals surface area contributed by atoms with E-state index < -0.39 is 11.8 Å². The van der Waals surface area contributed by atoms with Crippen molar-refractivity contribution in [1.29, 1.82) is 0 Å². The summed E-state index contributed by atoms with van der Waals surface area (Å²) in [6.45, 7) is 8.23. The molecule has 0 bridgehead atoms. The molecule has 2 atom stereocenters. The molecule has 0 N–H and O–H groups in total. The summed E-state index contributed by atoms with van der Waals surface area (Å²) < 4.78 is 12.6. The van der Waals surface area contributed by atoms with E-state index in [1.807, 2.05) is 27.7 Å². The summed E-state index contributed by atoms with van der Waals surface area (Å²) >= 11 is 6.10. The van der Waals surface area contributed by atoms with Crippen molar-refractivity contribution < 1.29 is 9.47 Å². The fraction of sp³-hybridized carbons (Fsp3) is 0.692. The summed E-state index contributed by atoms with van der Waals surface area (Å²) in [5, 5.41) is 4.37. The average Bonchev–Trinajstić information content (AvgIpc) is 2.27. The van der Waals surface area contributed by atoms with E-state index in [9.17, 15) is 4.79 Å². The topological polar surface area (TPSA) is 53.4 Å². The van der Waals surface area contributed by atoms with E-state index in [-0.39, 0.29) is 16.7 Å². The molecule has 0 radical (unpaired) electrons. The van der Waals surface area contributed by atoms with E-state index in [2.05, 4.69) is 5.10 Å². The fourth-order valence-electron chi connectivity index (χ4n) is 1.95. The lowest BCUT2D eigenvalue weighted by Crippen LogP contribution is -2.40. The lowest BCUT2D eigenvalue weighted by molar-refractivity contribution is -0.213. The number of nitrogens with zero attached hydrogens (tertiary/aromatic N) is 2. The van der Waals surface area contributed by atoms with Crippen LogP contribution < -0.4 is 5.56 Å². The Labute approximate surface area is 117 Å². The number of hydrogen-bond donors (Lipinski definition) is 0. The maximum Gasteiger partial charge on any atom is 0.277 e. The second-order valence-electron chi connectivity index (χ2n) is 5.73. The second kappa shape index (κ2) is 5.23. The van der Waals surface area contributed by atoms with Gasteiger partial charge in [-0.2, -0.15) is 5.10 Å². The van der Waals surface area contributed by atoms with Crippen molar-refractivity contribution in [2.75, 3.05) is 6.61 Å². The van der Waals surface area contributed by atoms with Crippen LogP contribution in [0.3, 0.4) is 0 Å². The van der Waals surface area contributed by atoms with Crippen molar-refractivity contribution in [2.45, 2.75) is 52.0 Å². The summed E-state index contributed by atoms with van der Waals surface area (Å²) in [7, 11) is 0. The Morgan fingerprint density at radius 1 is 1.47 bits per heavy atom. The predicted molar refractivity (Wildman–Crippen MR) is 72.4 cm³/mol. The van der Waals surface area contributed by atoms with E-state index in [0.29, 0.717) is 12.2 Å². The molecule has 1 saturated heterocycles. The Hall–Kier alpha value is -0.910. The maximum atomic E-state index is 12.5. The number of ether oxygens (including phenoxy) is 2. The SMILES string of the molecule is CC1CCOC(c2c(Cl)cnn(C(C)(C)C)c2=O)O1. The van der Waals surface area contributed by atoms with Crippen LogP contribution in [-0.2, 0) is 15.0 Å². The monoisotopic (exact) mass is 286 g/mol. The summed E-state index contributed by atoms with van der Waals surface area (Å²) in [5.41, 5.74) is -0.353. The molecule has 2 unspecified atom stereocenters. The Balaban J connectivity index is 2.48. The highest BCUT2D eigenvalue weighted by molar-refractivity contribution is 6.31. The molecule has 1 aliphatic heterocycles. The van der Waals surface area contributed by atoms with Gasteiger partial charge in [0.15, 0.2) is 6.29 Å². The second-order valence-corrected chi connectivity index (χ2v) is 6.14. The molecule has 2 rings (SSSR count). The van der Waals surface area contributed by atoms with Gasteiger partial charge in [-0.05, 0) is 34.1 Å². The zero-order valence-electron chi connectivity index (χ0n) is 11.6. The molecular formula is C13H19ClN2O3. The summed E-state index contributed by atoms with van der Waals surface area (Å²) in [6.07, 6.45) is 1.62. The maximum absolute atomic E-state index is 12.5. The van der Waals surface area contributed by atoms with Gasteiger partial charge in [0.1, 0.15) is 0 Å². The smallest absolute Gasteiger partial charge is 0.277 e. The quantitative estimate of drug-likeness (QED) is 0.796. The first-order chi connectivity index (χ1) is 8.80. The molecule has 0 aromatic carbocycles. The highest BCUT2D eigenvalue weighted by Crippen LogP contribution is 2.28. The Morgan fingerprint density at radius 2 is 2.16 bits per heavy atom. The Kier molecular flexibility index (Phi) is 3.99. The molecule has 1 aromatic heterocycles. The third kappa shape index (κ3) is 2.99. The first kappa shape index (κ1) is 14.5. The van der Waals surface area contributed by atoms with Crippen LogP contribution in [0.2, 0.25) is 5.02 Å². The van der Waals surface area contributed by atoms with Crippen molar-refractivity contribution >= 4 is 11.6 Å². The number of rotatable bonds is 1. The third-order valence-corrected chi connectivity index (χ3v) is 3.29. The van der Waals surface area contributed by atoms with Crippen LogP contribution in [0.1, 0.15) is 46.0 Å². The standard InChI is InChI=1S/C13H19ClN2O3/c1-8-5-6-18-12(19-8)10-9(14)7-15-16(11(10)17)13(2,3)4/h7-8,12H,5-6H2,1-4H3. The molecule has 1 aliphatic rings. The van der Waals surface area contributed by atoms with Crippen LogP contribution in [0.15, 0.2) is 11.0 Å². The molecule has 2 heterocycles. The molecule has 0 spiro atoms. The van der Waals surface area contributed by atoms with Crippen molar-refractivity contribution in [1.82, 2.24) is 9.78 Å². The number of hydrogen-bond acceptors (Lipinski definition) is 4. The van der Waals surface area contributed by atoms with Crippen LogP contribution in [0, 0.1) is 0 Å². The van der Waals surface area contributed by atoms with Gasteiger partial charge in [-0.3, -0.25) is 4.79 Å².